The molecule has 106 valence electrons. The second-order valence-electron chi connectivity index (χ2n) is 5.09. The van der Waals surface area contributed by atoms with Crippen LogP contribution in [0.5, 0.6) is 0 Å². The second kappa shape index (κ2) is 8.15. The summed E-state index contributed by atoms with van der Waals surface area (Å²) in [5.74, 6) is 0.965. The first-order valence-electron chi connectivity index (χ1n) is 6.99. The Labute approximate surface area is 125 Å². The third-order valence-corrected chi connectivity index (χ3v) is 4.86. The first kappa shape index (κ1) is 15.2. The number of halogens is 1. The van der Waals surface area contributed by atoms with Gasteiger partial charge < -0.3 is 10.5 Å². The Morgan fingerprint density at radius 3 is 2.84 bits per heavy atom. The van der Waals surface area contributed by atoms with Gasteiger partial charge in [-0.3, -0.25) is 0 Å². The van der Waals surface area contributed by atoms with Crippen LogP contribution in [-0.4, -0.2) is 24.5 Å². The summed E-state index contributed by atoms with van der Waals surface area (Å²) in [6.07, 6.45) is 6.38. The maximum absolute atomic E-state index is 6.15. The smallest absolute Gasteiger partial charge is 0.0576 e. The van der Waals surface area contributed by atoms with E-state index in [0.717, 1.165) is 23.8 Å². The third kappa shape index (κ3) is 5.74. The van der Waals surface area contributed by atoms with Crippen LogP contribution in [0.15, 0.2) is 29.2 Å². The van der Waals surface area contributed by atoms with Gasteiger partial charge in [-0.1, -0.05) is 11.6 Å². The highest BCUT2D eigenvalue weighted by Gasteiger charge is 2.15. The number of nitrogens with two attached hydrogens (primary N) is 1. The number of hydrogen-bond acceptors (Lipinski definition) is 3. The lowest BCUT2D eigenvalue weighted by molar-refractivity contribution is 0.102. The fourth-order valence-electron chi connectivity index (χ4n) is 2.30. The molecule has 0 amide bonds. The second-order valence-corrected chi connectivity index (χ2v) is 6.62. The molecule has 2 rings (SSSR count). The molecule has 1 aromatic rings. The van der Waals surface area contributed by atoms with Crippen molar-refractivity contribution in [1.29, 1.82) is 0 Å². The maximum atomic E-state index is 6.15. The Bertz CT molecular complexity index is 365. The van der Waals surface area contributed by atoms with Crippen LogP contribution in [0.1, 0.15) is 32.1 Å². The summed E-state index contributed by atoms with van der Waals surface area (Å²) in [5.41, 5.74) is 6.15. The lowest BCUT2D eigenvalue weighted by Gasteiger charge is -2.13. The van der Waals surface area contributed by atoms with Crippen molar-refractivity contribution in [3.8, 4) is 0 Å². The third-order valence-electron chi connectivity index (χ3n) is 3.40. The van der Waals surface area contributed by atoms with Gasteiger partial charge >= 0.3 is 0 Å². The van der Waals surface area contributed by atoms with Crippen LogP contribution in [0.4, 0.5) is 0 Å². The molecule has 1 saturated heterocycles. The molecule has 0 radical (unpaired) electrons. The molecule has 0 aliphatic carbocycles. The van der Waals surface area contributed by atoms with Crippen LogP contribution in [0.3, 0.4) is 0 Å². The van der Waals surface area contributed by atoms with E-state index in [4.69, 9.17) is 22.1 Å². The van der Waals surface area contributed by atoms with Crippen molar-refractivity contribution in [2.24, 2.45) is 5.73 Å². The first-order chi connectivity index (χ1) is 9.24. The summed E-state index contributed by atoms with van der Waals surface area (Å²) in [6, 6.07) is 8.21. The minimum absolute atomic E-state index is 0.266. The molecule has 0 spiro atoms. The highest BCUT2D eigenvalue weighted by atomic mass is 35.5. The fraction of sp³-hybridized carbons (Fsp3) is 0.600. The van der Waals surface area contributed by atoms with E-state index in [1.165, 1.54) is 30.6 Å². The van der Waals surface area contributed by atoms with Crippen molar-refractivity contribution in [1.82, 2.24) is 0 Å². The van der Waals surface area contributed by atoms with E-state index < -0.39 is 0 Å². The molecular formula is C15H22ClNOS. The summed E-state index contributed by atoms with van der Waals surface area (Å²) in [7, 11) is 0. The van der Waals surface area contributed by atoms with Gasteiger partial charge in [0.05, 0.1) is 6.10 Å². The quantitative estimate of drug-likeness (QED) is 0.770. The van der Waals surface area contributed by atoms with Gasteiger partial charge in [-0.05, 0) is 56.4 Å². The van der Waals surface area contributed by atoms with Crippen LogP contribution in [0.2, 0.25) is 5.02 Å². The molecule has 19 heavy (non-hydrogen) atoms. The first-order valence-corrected chi connectivity index (χ1v) is 8.36. The lowest BCUT2D eigenvalue weighted by atomic mass is 10.1. The summed E-state index contributed by atoms with van der Waals surface area (Å²) in [5, 5.41) is 0.783. The molecule has 1 heterocycles. The van der Waals surface area contributed by atoms with Crippen molar-refractivity contribution in [3.63, 3.8) is 0 Å². The largest absolute Gasteiger partial charge is 0.378 e. The zero-order valence-corrected chi connectivity index (χ0v) is 12.8. The van der Waals surface area contributed by atoms with Crippen molar-refractivity contribution >= 4 is 23.4 Å². The molecule has 1 aliphatic heterocycles. The predicted octanol–water partition coefficient (Wildman–Crippen LogP) is 4.11. The van der Waals surface area contributed by atoms with Gasteiger partial charge in [0.1, 0.15) is 0 Å². The number of hydrogen-bond donors (Lipinski definition) is 1. The van der Waals surface area contributed by atoms with E-state index in [9.17, 15) is 0 Å². The van der Waals surface area contributed by atoms with Gasteiger partial charge in [0.25, 0.3) is 0 Å². The van der Waals surface area contributed by atoms with Crippen LogP contribution >= 0.6 is 23.4 Å². The van der Waals surface area contributed by atoms with E-state index in [1.807, 2.05) is 24.3 Å². The minimum Gasteiger partial charge on any atom is -0.378 e. The van der Waals surface area contributed by atoms with Gasteiger partial charge in [-0.25, -0.2) is 0 Å². The van der Waals surface area contributed by atoms with Crippen molar-refractivity contribution in [3.05, 3.63) is 29.3 Å². The van der Waals surface area contributed by atoms with E-state index in [0.29, 0.717) is 6.10 Å². The van der Waals surface area contributed by atoms with Gasteiger partial charge in [0.15, 0.2) is 0 Å². The molecule has 2 nitrogen and oxygen atoms in total. The summed E-state index contributed by atoms with van der Waals surface area (Å²) >= 11 is 7.66. The molecule has 1 aromatic carbocycles. The molecule has 1 aliphatic rings. The monoisotopic (exact) mass is 299 g/mol. The van der Waals surface area contributed by atoms with Crippen LogP contribution < -0.4 is 5.73 Å². The normalized spacial score (nSPS) is 20.6. The average Bonchev–Trinajstić information content (AvgIpc) is 2.91. The number of ether oxygens (including phenoxy) is 1. The Kier molecular flexibility index (Phi) is 6.51. The molecule has 0 saturated carbocycles. The topological polar surface area (TPSA) is 35.2 Å². The van der Waals surface area contributed by atoms with E-state index in [1.54, 1.807) is 11.8 Å². The average molecular weight is 300 g/mol. The molecule has 0 bridgehead atoms. The van der Waals surface area contributed by atoms with Gasteiger partial charge in [0, 0.05) is 28.3 Å². The summed E-state index contributed by atoms with van der Waals surface area (Å²) < 4.78 is 5.62. The van der Waals surface area contributed by atoms with Crippen LogP contribution in [0.25, 0.3) is 0 Å². The van der Waals surface area contributed by atoms with Gasteiger partial charge in [-0.2, -0.15) is 0 Å². The standard InChI is InChI=1S/C15H22ClNOS/c16-12-6-8-15(9-7-12)19-11-13(17)3-1-4-14-5-2-10-18-14/h6-9,13-14H,1-5,10-11,17H2. The molecular weight excluding hydrogens is 278 g/mol. The molecule has 4 heteroatoms. The summed E-state index contributed by atoms with van der Waals surface area (Å²) in [4.78, 5) is 1.24. The minimum atomic E-state index is 0.266. The van der Waals surface area contributed by atoms with Crippen molar-refractivity contribution in [2.45, 2.75) is 49.1 Å². The molecule has 2 N–H and O–H groups in total. The Balaban J connectivity index is 1.58. The molecule has 2 atom stereocenters. The van der Waals surface area contributed by atoms with E-state index >= 15 is 0 Å². The van der Waals surface area contributed by atoms with E-state index in [2.05, 4.69) is 0 Å². The Morgan fingerprint density at radius 1 is 1.37 bits per heavy atom. The lowest BCUT2D eigenvalue weighted by Crippen LogP contribution is -2.23. The molecule has 1 fully saturated rings. The van der Waals surface area contributed by atoms with Gasteiger partial charge in [-0.15, -0.1) is 11.8 Å². The predicted molar refractivity (Wildman–Crippen MR) is 83.0 cm³/mol. The van der Waals surface area contributed by atoms with Crippen LogP contribution in [0, 0.1) is 0 Å². The molecule has 0 aromatic heterocycles. The number of rotatable bonds is 7. The zero-order valence-electron chi connectivity index (χ0n) is 11.2. The fourth-order valence-corrected chi connectivity index (χ4v) is 3.32. The van der Waals surface area contributed by atoms with Gasteiger partial charge in [0.2, 0.25) is 0 Å². The van der Waals surface area contributed by atoms with Crippen molar-refractivity contribution in [2.75, 3.05) is 12.4 Å². The highest BCUT2D eigenvalue weighted by Crippen LogP contribution is 2.22. The zero-order chi connectivity index (χ0) is 13.5. The Hall–Kier alpha value is -0.220. The molecule has 2 unspecified atom stereocenters. The SMILES string of the molecule is NC(CCCC1CCCO1)CSc1ccc(Cl)cc1. The van der Waals surface area contributed by atoms with Crippen LogP contribution in [-0.2, 0) is 4.74 Å². The Morgan fingerprint density at radius 2 is 2.16 bits per heavy atom. The number of benzene rings is 1. The summed E-state index contributed by atoms with van der Waals surface area (Å²) in [6.45, 7) is 0.948. The number of thioether (sulfide) groups is 1. The van der Waals surface area contributed by atoms with E-state index in [-0.39, 0.29) is 6.04 Å². The van der Waals surface area contributed by atoms with Crippen molar-refractivity contribution < 1.29 is 4.74 Å². The highest BCUT2D eigenvalue weighted by molar-refractivity contribution is 7.99. The maximum Gasteiger partial charge on any atom is 0.0576 e.